The van der Waals surface area contributed by atoms with E-state index in [0.29, 0.717) is 6.42 Å². The van der Waals surface area contributed by atoms with Crippen LogP contribution in [-0.4, -0.2) is 6.54 Å². The summed E-state index contributed by atoms with van der Waals surface area (Å²) in [6.07, 6.45) is 0.302. The zero-order chi connectivity index (χ0) is 13.7. The molecule has 2 aromatic carbocycles. The molecule has 1 nitrogen and oxygen atoms in total. The SMILES string of the molecule is CCNC(Cc1c(F)cccc1F)c1ccccc1. The Morgan fingerprint density at radius 1 is 0.947 bits per heavy atom. The predicted octanol–water partition coefficient (Wildman–Crippen LogP) is 3.86. The summed E-state index contributed by atoms with van der Waals surface area (Å²) in [6, 6.07) is 13.6. The van der Waals surface area contributed by atoms with E-state index in [4.69, 9.17) is 0 Å². The zero-order valence-corrected chi connectivity index (χ0v) is 10.9. The smallest absolute Gasteiger partial charge is 0.129 e. The predicted molar refractivity (Wildman–Crippen MR) is 72.9 cm³/mol. The van der Waals surface area contributed by atoms with E-state index in [1.807, 2.05) is 37.3 Å². The van der Waals surface area contributed by atoms with Crippen LogP contribution in [0, 0.1) is 11.6 Å². The molecule has 0 radical (unpaired) electrons. The molecule has 2 aromatic rings. The molecule has 0 spiro atoms. The first-order valence-corrected chi connectivity index (χ1v) is 6.43. The number of likely N-dealkylation sites (N-methyl/N-ethyl adjacent to an activating group) is 1. The fourth-order valence-electron chi connectivity index (χ4n) is 2.17. The molecule has 0 amide bonds. The Kier molecular flexibility index (Phi) is 4.63. The molecule has 0 aromatic heterocycles. The summed E-state index contributed by atoms with van der Waals surface area (Å²) in [7, 11) is 0. The summed E-state index contributed by atoms with van der Waals surface area (Å²) in [4.78, 5) is 0. The maximum Gasteiger partial charge on any atom is 0.129 e. The highest BCUT2D eigenvalue weighted by atomic mass is 19.1. The lowest BCUT2D eigenvalue weighted by atomic mass is 9.98. The molecule has 3 heteroatoms. The largest absolute Gasteiger partial charge is 0.310 e. The lowest BCUT2D eigenvalue weighted by molar-refractivity contribution is 0.499. The lowest BCUT2D eigenvalue weighted by Gasteiger charge is -2.19. The molecule has 100 valence electrons. The van der Waals surface area contributed by atoms with Gasteiger partial charge in [0.05, 0.1) is 0 Å². The normalized spacial score (nSPS) is 12.4. The van der Waals surface area contributed by atoms with Gasteiger partial charge in [0, 0.05) is 11.6 Å². The van der Waals surface area contributed by atoms with Gasteiger partial charge in [-0.25, -0.2) is 8.78 Å². The molecule has 0 heterocycles. The average Bonchev–Trinajstić information content (AvgIpc) is 2.43. The fraction of sp³-hybridized carbons (Fsp3) is 0.250. The molecule has 1 N–H and O–H groups in total. The quantitative estimate of drug-likeness (QED) is 0.861. The molecule has 0 aliphatic heterocycles. The summed E-state index contributed by atoms with van der Waals surface area (Å²) in [5.41, 5.74) is 1.17. The Balaban J connectivity index is 2.27. The van der Waals surface area contributed by atoms with E-state index in [9.17, 15) is 8.78 Å². The highest BCUT2D eigenvalue weighted by Crippen LogP contribution is 2.22. The minimum atomic E-state index is -0.487. The van der Waals surface area contributed by atoms with Crippen molar-refractivity contribution in [2.45, 2.75) is 19.4 Å². The molecule has 19 heavy (non-hydrogen) atoms. The van der Waals surface area contributed by atoms with E-state index >= 15 is 0 Å². The van der Waals surface area contributed by atoms with Crippen LogP contribution in [0.5, 0.6) is 0 Å². The third kappa shape index (κ3) is 3.38. The number of hydrogen-bond donors (Lipinski definition) is 1. The van der Waals surface area contributed by atoms with Crippen molar-refractivity contribution in [2.75, 3.05) is 6.54 Å². The van der Waals surface area contributed by atoms with Crippen LogP contribution in [0.4, 0.5) is 8.78 Å². The van der Waals surface area contributed by atoms with E-state index in [2.05, 4.69) is 5.32 Å². The zero-order valence-electron chi connectivity index (χ0n) is 10.9. The molecule has 2 rings (SSSR count). The van der Waals surface area contributed by atoms with E-state index in [1.165, 1.54) is 18.2 Å². The second kappa shape index (κ2) is 6.43. The maximum atomic E-state index is 13.7. The summed E-state index contributed by atoms with van der Waals surface area (Å²) in [6.45, 7) is 2.73. The highest BCUT2D eigenvalue weighted by molar-refractivity contribution is 5.25. The van der Waals surface area contributed by atoms with Crippen molar-refractivity contribution in [1.29, 1.82) is 0 Å². The van der Waals surface area contributed by atoms with Crippen LogP contribution in [-0.2, 0) is 6.42 Å². The van der Waals surface area contributed by atoms with Crippen LogP contribution in [0.1, 0.15) is 24.1 Å². The number of rotatable bonds is 5. The number of nitrogens with one attached hydrogen (secondary N) is 1. The van der Waals surface area contributed by atoms with Crippen LogP contribution >= 0.6 is 0 Å². The van der Waals surface area contributed by atoms with Gasteiger partial charge in [0.15, 0.2) is 0 Å². The van der Waals surface area contributed by atoms with Crippen molar-refractivity contribution in [1.82, 2.24) is 5.32 Å². The number of benzene rings is 2. The molecular formula is C16H17F2N. The molecular weight excluding hydrogens is 244 g/mol. The van der Waals surface area contributed by atoms with Crippen LogP contribution in [0.3, 0.4) is 0 Å². The highest BCUT2D eigenvalue weighted by Gasteiger charge is 2.16. The first-order chi connectivity index (χ1) is 9.22. The Bertz CT molecular complexity index is 505. The van der Waals surface area contributed by atoms with Gasteiger partial charge in [-0.2, -0.15) is 0 Å². The number of halogens is 2. The minimum absolute atomic E-state index is 0.0856. The van der Waals surface area contributed by atoms with Crippen LogP contribution in [0.25, 0.3) is 0 Å². The maximum absolute atomic E-state index is 13.7. The molecule has 0 aliphatic rings. The van der Waals surface area contributed by atoms with Crippen LogP contribution < -0.4 is 5.32 Å². The summed E-state index contributed by atoms with van der Waals surface area (Å²) < 4.78 is 27.4. The van der Waals surface area contributed by atoms with Crippen LogP contribution in [0.2, 0.25) is 0 Å². The Morgan fingerprint density at radius 3 is 2.16 bits per heavy atom. The Labute approximate surface area is 112 Å². The van der Waals surface area contributed by atoms with Crippen molar-refractivity contribution >= 4 is 0 Å². The van der Waals surface area contributed by atoms with Gasteiger partial charge in [-0.3, -0.25) is 0 Å². The van der Waals surface area contributed by atoms with Gasteiger partial charge in [0.2, 0.25) is 0 Å². The van der Waals surface area contributed by atoms with Gasteiger partial charge in [-0.15, -0.1) is 0 Å². The van der Waals surface area contributed by atoms with Crippen molar-refractivity contribution < 1.29 is 8.78 Å². The molecule has 0 saturated heterocycles. The van der Waals surface area contributed by atoms with Gasteiger partial charge in [-0.05, 0) is 30.7 Å². The lowest BCUT2D eigenvalue weighted by Crippen LogP contribution is -2.23. The third-order valence-electron chi connectivity index (χ3n) is 3.12. The van der Waals surface area contributed by atoms with Crippen molar-refractivity contribution in [3.8, 4) is 0 Å². The van der Waals surface area contributed by atoms with Gasteiger partial charge in [-0.1, -0.05) is 43.3 Å². The second-order valence-corrected chi connectivity index (χ2v) is 4.43. The van der Waals surface area contributed by atoms with Gasteiger partial charge in [0.1, 0.15) is 11.6 Å². The van der Waals surface area contributed by atoms with Crippen molar-refractivity contribution in [2.24, 2.45) is 0 Å². The Hall–Kier alpha value is -1.74. The third-order valence-corrected chi connectivity index (χ3v) is 3.12. The van der Waals surface area contributed by atoms with Crippen molar-refractivity contribution in [3.05, 3.63) is 71.3 Å². The van der Waals surface area contributed by atoms with Crippen LogP contribution in [0.15, 0.2) is 48.5 Å². The first kappa shape index (κ1) is 13.7. The summed E-state index contributed by atoms with van der Waals surface area (Å²) >= 11 is 0. The molecule has 0 bridgehead atoms. The summed E-state index contributed by atoms with van der Waals surface area (Å²) in [5, 5.41) is 3.27. The standard InChI is InChI=1S/C16H17F2N/c1-2-19-16(12-7-4-3-5-8-12)11-13-14(17)9-6-10-15(13)18/h3-10,16,19H,2,11H2,1H3. The molecule has 1 unspecified atom stereocenters. The van der Waals surface area contributed by atoms with Gasteiger partial charge < -0.3 is 5.32 Å². The van der Waals surface area contributed by atoms with E-state index in [-0.39, 0.29) is 11.6 Å². The van der Waals surface area contributed by atoms with E-state index < -0.39 is 11.6 Å². The van der Waals surface area contributed by atoms with Gasteiger partial charge >= 0.3 is 0 Å². The minimum Gasteiger partial charge on any atom is -0.310 e. The van der Waals surface area contributed by atoms with Gasteiger partial charge in [0.25, 0.3) is 0 Å². The number of hydrogen-bond acceptors (Lipinski definition) is 1. The topological polar surface area (TPSA) is 12.0 Å². The average molecular weight is 261 g/mol. The monoisotopic (exact) mass is 261 g/mol. The van der Waals surface area contributed by atoms with Crippen molar-refractivity contribution in [3.63, 3.8) is 0 Å². The molecule has 0 aliphatic carbocycles. The second-order valence-electron chi connectivity index (χ2n) is 4.43. The molecule has 0 saturated carbocycles. The summed E-state index contributed by atoms with van der Waals surface area (Å²) in [5.74, 6) is -0.974. The van der Waals surface area contributed by atoms with E-state index in [0.717, 1.165) is 12.1 Å². The van der Waals surface area contributed by atoms with E-state index in [1.54, 1.807) is 0 Å². The fourth-order valence-corrected chi connectivity index (χ4v) is 2.17. The molecule has 0 fully saturated rings. The first-order valence-electron chi connectivity index (χ1n) is 6.43. The Morgan fingerprint density at radius 2 is 1.58 bits per heavy atom. The molecule has 1 atom stereocenters.